The molecule has 0 spiro atoms. The van der Waals surface area contributed by atoms with Gasteiger partial charge in [-0.15, -0.1) is 0 Å². The molecule has 0 amide bonds. The minimum Gasteiger partial charge on any atom is -0.394 e. The van der Waals surface area contributed by atoms with Gasteiger partial charge in [0.1, 0.15) is 36.6 Å². The minimum atomic E-state index is -2.81. The Bertz CT molecular complexity index is 432. The Hall–Kier alpha value is -0.440. The van der Waals surface area contributed by atoms with Crippen LogP contribution in [-0.4, -0.2) is 122 Å². The van der Waals surface area contributed by atoms with Crippen LogP contribution in [0.15, 0.2) is 0 Å². The molecule has 2 saturated heterocycles. The van der Waals surface area contributed by atoms with Gasteiger partial charge in [0.05, 0.1) is 19.8 Å². The number of rotatable bonds is 4. The van der Waals surface area contributed by atoms with Gasteiger partial charge < -0.3 is 55.1 Å². The molecule has 2 rings (SSSR count). The van der Waals surface area contributed by atoms with Crippen LogP contribution in [0.25, 0.3) is 0 Å². The van der Waals surface area contributed by atoms with Gasteiger partial charge in [0.2, 0.25) is 0 Å². The fourth-order valence-corrected chi connectivity index (χ4v) is 3.27. The van der Waals surface area contributed by atoms with Crippen molar-refractivity contribution in [3.63, 3.8) is 0 Å². The quantitative estimate of drug-likeness (QED) is 0.240. The molecule has 2 heterocycles. The third-order valence-electron chi connectivity index (χ3n) is 4.83. The van der Waals surface area contributed by atoms with Crippen molar-refractivity contribution >= 4 is 0 Å². The first-order valence-electron chi connectivity index (χ1n) is 7.37. The number of hydrogen-bond acceptors (Lipinski definition) is 11. The van der Waals surface area contributed by atoms with Crippen molar-refractivity contribution < 1.29 is 55.1 Å². The lowest BCUT2D eigenvalue weighted by Crippen LogP contribution is -2.82. The van der Waals surface area contributed by atoms with Gasteiger partial charge >= 0.3 is 0 Å². The standard InChI is InChI=1S/C13H24O11/c1-22-11-8(17)10(19)13(21,6(3-15)24-11)12(20)4-23-5(2-14)7(16)9(12)18/h5-11,14-21H,2-4H2,1H3/t5-,6-,7-,8+,9+,10-,11+,12+,13-/m1/s1. The van der Waals surface area contributed by atoms with Crippen molar-refractivity contribution in [3.8, 4) is 0 Å². The average Bonchev–Trinajstić information content (AvgIpc) is 2.58. The van der Waals surface area contributed by atoms with Crippen molar-refractivity contribution in [1.82, 2.24) is 0 Å². The molecule has 11 heteroatoms. The molecule has 8 N–H and O–H groups in total. The Labute approximate surface area is 137 Å². The van der Waals surface area contributed by atoms with E-state index >= 15 is 0 Å². The third kappa shape index (κ3) is 2.66. The summed E-state index contributed by atoms with van der Waals surface area (Å²) in [6, 6.07) is 0. The van der Waals surface area contributed by atoms with Crippen LogP contribution < -0.4 is 0 Å². The molecule has 0 radical (unpaired) electrons. The van der Waals surface area contributed by atoms with Gasteiger partial charge in [-0.3, -0.25) is 0 Å². The highest BCUT2D eigenvalue weighted by atomic mass is 16.7. The maximum absolute atomic E-state index is 10.9. The van der Waals surface area contributed by atoms with Gasteiger partial charge in [0, 0.05) is 7.11 Å². The molecule has 142 valence electrons. The van der Waals surface area contributed by atoms with E-state index in [1.54, 1.807) is 0 Å². The molecular formula is C13H24O11. The fraction of sp³-hybridized carbons (Fsp3) is 1.00. The van der Waals surface area contributed by atoms with Crippen molar-refractivity contribution in [3.05, 3.63) is 0 Å². The van der Waals surface area contributed by atoms with Crippen LogP contribution in [0, 0.1) is 0 Å². The molecular weight excluding hydrogens is 332 g/mol. The van der Waals surface area contributed by atoms with Gasteiger partial charge in [0.15, 0.2) is 17.5 Å². The van der Waals surface area contributed by atoms with E-state index in [4.69, 9.17) is 19.3 Å². The van der Waals surface area contributed by atoms with Crippen molar-refractivity contribution in [2.24, 2.45) is 0 Å². The van der Waals surface area contributed by atoms with Crippen molar-refractivity contribution in [2.45, 2.75) is 54.1 Å². The van der Waals surface area contributed by atoms with Crippen LogP contribution in [0.2, 0.25) is 0 Å². The molecule has 9 atom stereocenters. The first-order valence-corrected chi connectivity index (χ1v) is 7.37. The summed E-state index contributed by atoms with van der Waals surface area (Å²) in [5.74, 6) is 0. The minimum absolute atomic E-state index is 0.663. The zero-order valence-electron chi connectivity index (χ0n) is 13.0. The Kier molecular flexibility index (Phi) is 5.84. The maximum Gasteiger partial charge on any atom is 0.186 e. The van der Waals surface area contributed by atoms with Gasteiger partial charge in [0.25, 0.3) is 0 Å². The molecule has 0 unspecified atom stereocenters. The van der Waals surface area contributed by atoms with Crippen LogP contribution in [0.3, 0.4) is 0 Å². The zero-order chi connectivity index (χ0) is 18.3. The summed E-state index contributed by atoms with van der Waals surface area (Å²) in [6.45, 7) is -2.38. The van der Waals surface area contributed by atoms with E-state index in [1.807, 2.05) is 0 Å². The third-order valence-corrected chi connectivity index (χ3v) is 4.83. The first-order chi connectivity index (χ1) is 11.2. The topological polar surface area (TPSA) is 190 Å². The van der Waals surface area contributed by atoms with Crippen LogP contribution in [-0.2, 0) is 14.2 Å². The Morgan fingerprint density at radius 1 is 1.00 bits per heavy atom. The summed E-state index contributed by atoms with van der Waals surface area (Å²) in [5, 5.41) is 80.7. The molecule has 0 bridgehead atoms. The number of methoxy groups -OCH3 is 1. The second kappa shape index (κ2) is 7.05. The van der Waals surface area contributed by atoms with Gasteiger partial charge in [-0.1, -0.05) is 0 Å². The molecule has 24 heavy (non-hydrogen) atoms. The normalized spacial score (nSPS) is 53.1. The Morgan fingerprint density at radius 3 is 2.12 bits per heavy atom. The van der Waals surface area contributed by atoms with Crippen LogP contribution in [0.1, 0.15) is 0 Å². The molecule has 2 aliphatic rings. The summed E-state index contributed by atoms with van der Waals surface area (Å²) in [7, 11) is 1.16. The number of aliphatic hydroxyl groups excluding tert-OH is 6. The molecule has 0 aliphatic carbocycles. The smallest absolute Gasteiger partial charge is 0.186 e. The van der Waals surface area contributed by atoms with E-state index in [2.05, 4.69) is 0 Å². The lowest BCUT2D eigenvalue weighted by atomic mass is 9.67. The highest BCUT2D eigenvalue weighted by molar-refractivity contribution is 5.18. The van der Waals surface area contributed by atoms with Crippen molar-refractivity contribution in [2.75, 3.05) is 26.9 Å². The predicted octanol–water partition coefficient (Wildman–Crippen LogP) is -5.35. The number of hydrogen-bond donors (Lipinski definition) is 8. The lowest BCUT2D eigenvalue weighted by Gasteiger charge is -2.57. The zero-order valence-corrected chi connectivity index (χ0v) is 13.0. The second-order valence-electron chi connectivity index (χ2n) is 6.06. The van der Waals surface area contributed by atoms with Gasteiger partial charge in [-0.2, -0.15) is 0 Å². The van der Waals surface area contributed by atoms with Crippen LogP contribution in [0.5, 0.6) is 0 Å². The summed E-state index contributed by atoms with van der Waals surface area (Å²) in [5.41, 5.74) is -5.53. The molecule has 0 aromatic rings. The maximum atomic E-state index is 10.9. The number of aliphatic hydroxyl groups is 8. The van der Waals surface area contributed by atoms with Gasteiger partial charge in [-0.25, -0.2) is 0 Å². The molecule has 2 aliphatic heterocycles. The van der Waals surface area contributed by atoms with Crippen LogP contribution >= 0.6 is 0 Å². The predicted molar refractivity (Wildman–Crippen MR) is 73.5 cm³/mol. The van der Waals surface area contributed by atoms with E-state index in [-0.39, 0.29) is 0 Å². The molecule has 2 fully saturated rings. The summed E-state index contributed by atoms with van der Waals surface area (Å²) < 4.78 is 15.0. The SMILES string of the molecule is CO[C@H]1O[C@H](CO)[C@](O)([C@]2(O)CO[C@H](CO)[C@@H](O)[C@@H]2O)[C@H](O)[C@@H]1O. The highest BCUT2D eigenvalue weighted by Crippen LogP contribution is 2.43. The van der Waals surface area contributed by atoms with E-state index in [1.165, 1.54) is 0 Å². The van der Waals surface area contributed by atoms with E-state index in [0.29, 0.717) is 0 Å². The van der Waals surface area contributed by atoms with E-state index in [9.17, 15) is 35.7 Å². The highest BCUT2D eigenvalue weighted by Gasteiger charge is 2.70. The molecule has 0 aromatic carbocycles. The Balaban J connectivity index is 2.42. The largest absolute Gasteiger partial charge is 0.394 e. The molecule has 11 nitrogen and oxygen atoms in total. The fourth-order valence-electron chi connectivity index (χ4n) is 3.27. The summed E-state index contributed by atoms with van der Waals surface area (Å²) >= 11 is 0. The monoisotopic (exact) mass is 356 g/mol. The molecule has 0 saturated carbocycles. The average molecular weight is 356 g/mol. The van der Waals surface area contributed by atoms with Gasteiger partial charge in [-0.05, 0) is 0 Å². The molecule has 0 aromatic heterocycles. The second-order valence-corrected chi connectivity index (χ2v) is 6.06. The van der Waals surface area contributed by atoms with Crippen LogP contribution in [0.4, 0.5) is 0 Å². The van der Waals surface area contributed by atoms with Crippen molar-refractivity contribution in [1.29, 1.82) is 0 Å². The number of ether oxygens (including phenoxy) is 3. The first kappa shape index (κ1) is 19.9. The van der Waals surface area contributed by atoms with E-state index < -0.39 is 73.9 Å². The summed E-state index contributed by atoms with van der Waals surface area (Å²) in [4.78, 5) is 0. The Morgan fingerprint density at radius 2 is 1.62 bits per heavy atom. The summed E-state index contributed by atoms with van der Waals surface area (Å²) in [6.07, 6.45) is -12.1. The van der Waals surface area contributed by atoms with E-state index in [0.717, 1.165) is 7.11 Å². The lowest BCUT2D eigenvalue weighted by molar-refractivity contribution is -0.389.